The van der Waals surface area contributed by atoms with Gasteiger partial charge in [-0.1, -0.05) is 170 Å². The number of rotatable bonds is 8. The lowest BCUT2D eigenvalue weighted by Crippen LogP contribution is -2.13. The van der Waals surface area contributed by atoms with Crippen LogP contribution in [0.1, 0.15) is 0 Å². The highest BCUT2D eigenvalue weighted by Crippen LogP contribution is 2.48. The van der Waals surface area contributed by atoms with Crippen LogP contribution in [0, 0.1) is 0 Å². The smallest absolute Gasteiger partial charge is 0.0547 e. The Labute approximate surface area is 370 Å². The van der Waals surface area contributed by atoms with Crippen LogP contribution in [0.5, 0.6) is 0 Å². The third-order valence-corrected chi connectivity index (χ3v) is 13.5. The molecule has 3 heteroatoms. The van der Waals surface area contributed by atoms with E-state index in [0.717, 1.165) is 39.7 Å². The Morgan fingerprint density at radius 3 is 1.51 bits per heavy atom. The molecule has 11 aromatic carbocycles. The van der Waals surface area contributed by atoms with E-state index in [2.05, 4.69) is 252 Å². The molecule has 0 unspecified atom stereocenters. The van der Waals surface area contributed by atoms with Crippen molar-refractivity contribution in [3.8, 4) is 22.3 Å². The van der Waals surface area contributed by atoms with E-state index in [1.54, 1.807) is 0 Å². The molecule has 2 nitrogen and oxygen atoms in total. The molecule has 0 atom stereocenters. The second kappa shape index (κ2) is 15.5. The van der Waals surface area contributed by atoms with E-state index in [4.69, 9.17) is 0 Å². The number of hydrogen-bond acceptors (Lipinski definition) is 3. The van der Waals surface area contributed by atoms with Gasteiger partial charge in [-0.25, -0.2) is 0 Å². The summed E-state index contributed by atoms with van der Waals surface area (Å²) in [7, 11) is 0. The fraction of sp³-hybridized carbons (Fsp3) is 0. The Balaban J connectivity index is 1.09. The molecule has 0 amide bonds. The molecule has 0 saturated carbocycles. The third-order valence-electron chi connectivity index (χ3n) is 12.4. The average Bonchev–Trinajstić information content (AvgIpc) is 3.71. The van der Waals surface area contributed by atoms with E-state index in [0.29, 0.717) is 0 Å². The Kier molecular flexibility index (Phi) is 9.06. The minimum Gasteiger partial charge on any atom is -0.310 e. The Morgan fingerprint density at radius 1 is 0.254 bits per heavy atom. The number of fused-ring (bicyclic) bond motifs is 7. The molecule has 0 bridgehead atoms. The second-order valence-corrected chi connectivity index (χ2v) is 17.2. The van der Waals surface area contributed by atoms with Crippen molar-refractivity contribution in [2.75, 3.05) is 9.80 Å². The van der Waals surface area contributed by atoms with Crippen molar-refractivity contribution in [3.63, 3.8) is 0 Å². The highest BCUT2D eigenvalue weighted by Gasteiger charge is 2.23. The topological polar surface area (TPSA) is 6.48 Å². The molecule has 12 rings (SSSR count). The fourth-order valence-electron chi connectivity index (χ4n) is 9.48. The lowest BCUT2D eigenvalue weighted by atomic mass is 9.93. The van der Waals surface area contributed by atoms with E-state index in [1.165, 1.54) is 69.2 Å². The summed E-state index contributed by atoms with van der Waals surface area (Å²) in [5.74, 6) is 0. The van der Waals surface area contributed by atoms with Gasteiger partial charge >= 0.3 is 0 Å². The molecule has 0 spiro atoms. The molecular formula is C60H40N2S. The van der Waals surface area contributed by atoms with Gasteiger partial charge in [-0.2, -0.15) is 0 Å². The monoisotopic (exact) mass is 820 g/mol. The van der Waals surface area contributed by atoms with Crippen molar-refractivity contribution >= 4 is 98.0 Å². The van der Waals surface area contributed by atoms with Crippen molar-refractivity contribution in [1.29, 1.82) is 0 Å². The summed E-state index contributed by atoms with van der Waals surface area (Å²) < 4.78 is 2.58. The average molecular weight is 821 g/mol. The van der Waals surface area contributed by atoms with Gasteiger partial charge in [0.05, 0.1) is 11.4 Å². The van der Waals surface area contributed by atoms with Gasteiger partial charge in [-0.3, -0.25) is 0 Å². The number of thiophene rings is 1. The van der Waals surface area contributed by atoms with E-state index in [1.807, 2.05) is 11.3 Å². The van der Waals surface area contributed by atoms with Crippen molar-refractivity contribution < 1.29 is 0 Å². The molecule has 0 aliphatic heterocycles. The van der Waals surface area contributed by atoms with Gasteiger partial charge in [0, 0.05) is 53.9 Å². The third kappa shape index (κ3) is 6.50. The highest BCUT2D eigenvalue weighted by atomic mass is 32.1. The van der Waals surface area contributed by atoms with E-state index < -0.39 is 0 Å². The molecule has 0 saturated heterocycles. The quantitative estimate of drug-likeness (QED) is 0.141. The maximum absolute atomic E-state index is 2.45. The number of benzene rings is 11. The van der Waals surface area contributed by atoms with E-state index >= 15 is 0 Å². The zero-order valence-corrected chi connectivity index (χ0v) is 35.2. The molecule has 296 valence electrons. The largest absolute Gasteiger partial charge is 0.310 e. The Hall–Kier alpha value is -7.98. The van der Waals surface area contributed by atoms with Crippen LogP contribution < -0.4 is 9.80 Å². The molecule has 12 aromatic rings. The molecule has 1 aromatic heterocycles. The zero-order valence-electron chi connectivity index (χ0n) is 34.4. The number of hydrogen-bond donors (Lipinski definition) is 0. The first-order valence-corrected chi connectivity index (χ1v) is 22.3. The summed E-state index contributed by atoms with van der Waals surface area (Å²) in [5, 5.41) is 9.94. The maximum Gasteiger partial charge on any atom is 0.0547 e. The predicted octanol–water partition coefficient (Wildman–Crippen LogP) is 17.8. The van der Waals surface area contributed by atoms with Crippen LogP contribution in [-0.4, -0.2) is 0 Å². The van der Waals surface area contributed by atoms with Crippen LogP contribution in [0.15, 0.2) is 243 Å². The molecule has 0 N–H and O–H groups in total. The number of anilines is 6. The van der Waals surface area contributed by atoms with E-state index in [9.17, 15) is 0 Å². The molecule has 0 aliphatic carbocycles. The summed E-state index contributed by atoms with van der Waals surface area (Å²) in [4.78, 5) is 4.88. The molecule has 0 fully saturated rings. The van der Waals surface area contributed by atoms with Gasteiger partial charge in [0.2, 0.25) is 0 Å². The normalized spacial score (nSPS) is 11.5. The predicted molar refractivity (Wildman–Crippen MR) is 272 cm³/mol. The fourth-order valence-corrected chi connectivity index (χ4v) is 10.6. The van der Waals surface area contributed by atoms with Gasteiger partial charge in [0.25, 0.3) is 0 Å². The zero-order chi connectivity index (χ0) is 41.7. The van der Waals surface area contributed by atoms with Crippen LogP contribution in [-0.2, 0) is 0 Å². The van der Waals surface area contributed by atoms with Gasteiger partial charge in [0.1, 0.15) is 0 Å². The Bertz CT molecular complexity index is 3630. The first-order valence-electron chi connectivity index (χ1n) is 21.5. The van der Waals surface area contributed by atoms with E-state index in [-0.39, 0.29) is 0 Å². The summed E-state index contributed by atoms with van der Waals surface area (Å²) in [6.07, 6.45) is 0. The maximum atomic E-state index is 2.45. The Morgan fingerprint density at radius 2 is 0.778 bits per heavy atom. The van der Waals surface area contributed by atoms with Gasteiger partial charge in [-0.15, -0.1) is 11.3 Å². The number of nitrogens with zero attached hydrogens (tertiary/aromatic N) is 2. The first-order chi connectivity index (χ1) is 31.2. The molecule has 1 heterocycles. The van der Waals surface area contributed by atoms with Gasteiger partial charge < -0.3 is 9.80 Å². The summed E-state index contributed by atoms with van der Waals surface area (Å²) >= 11 is 1.87. The molecule has 0 radical (unpaired) electrons. The summed E-state index contributed by atoms with van der Waals surface area (Å²) in [6.45, 7) is 0. The van der Waals surface area contributed by atoms with Crippen molar-refractivity contribution in [3.05, 3.63) is 243 Å². The molecule has 63 heavy (non-hydrogen) atoms. The van der Waals surface area contributed by atoms with Crippen molar-refractivity contribution in [1.82, 2.24) is 0 Å². The minimum absolute atomic E-state index is 1.08. The summed E-state index contributed by atoms with van der Waals surface area (Å²) in [5.41, 5.74) is 11.4. The molecule has 0 aliphatic rings. The lowest BCUT2D eigenvalue weighted by Gasteiger charge is -2.30. The SMILES string of the molecule is c1ccc(-c2ccccc2-c2ccccc2N(c2ccccc2)c2ccc3c(c2)c(N(c2ccccc2)c2ccc4c(c2)sc2cc5ccccc5cc24)cc2ccccc23)cc1. The highest BCUT2D eigenvalue weighted by molar-refractivity contribution is 7.26. The lowest BCUT2D eigenvalue weighted by molar-refractivity contribution is 1.28. The first kappa shape index (κ1) is 36.8. The minimum atomic E-state index is 1.08. The standard InChI is InChI=1S/C60H40N2S/c1-4-18-41(19-5-1)49-27-14-15-29-51(49)53-30-16-17-31-57(53)61(45-23-6-2-7-24-45)47-32-34-52-50-28-13-12-22-44(50)37-58(55(52)39-47)62(46-25-8-3-9-26-46)48-33-35-54-56-36-42-20-10-11-21-43(42)38-59(56)63-60(54)40-48/h1-40H. The van der Waals surface area contributed by atoms with Crippen LogP contribution in [0.3, 0.4) is 0 Å². The van der Waals surface area contributed by atoms with Crippen LogP contribution in [0.25, 0.3) is 74.7 Å². The van der Waals surface area contributed by atoms with Gasteiger partial charge in [-0.05, 0) is 116 Å². The van der Waals surface area contributed by atoms with Crippen LogP contribution in [0.4, 0.5) is 34.1 Å². The summed E-state index contributed by atoms with van der Waals surface area (Å²) in [6, 6.07) is 88.5. The molecular weight excluding hydrogens is 781 g/mol. The number of para-hydroxylation sites is 3. The second-order valence-electron chi connectivity index (χ2n) is 16.1. The van der Waals surface area contributed by atoms with Crippen LogP contribution in [0.2, 0.25) is 0 Å². The van der Waals surface area contributed by atoms with Crippen LogP contribution >= 0.6 is 11.3 Å². The van der Waals surface area contributed by atoms with Crippen molar-refractivity contribution in [2.45, 2.75) is 0 Å². The van der Waals surface area contributed by atoms with Gasteiger partial charge in [0.15, 0.2) is 0 Å². The van der Waals surface area contributed by atoms with Crippen molar-refractivity contribution in [2.24, 2.45) is 0 Å².